The number of nitrogens with zero attached hydrogens (tertiary/aromatic N) is 2. The van der Waals surface area contributed by atoms with Crippen LogP contribution in [0.25, 0.3) is 0 Å². The second kappa shape index (κ2) is 8.21. The molecule has 24 heavy (non-hydrogen) atoms. The molecule has 0 radical (unpaired) electrons. The first-order valence-electron chi connectivity index (χ1n) is 9.14. The van der Waals surface area contributed by atoms with Gasteiger partial charge in [0.2, 0.25) is 0 Å². The maximum Gasteiger partial charge on any atom is 0.194 e. The number of guanidine groups is 1. The van der Waals surface area contributed by atoms with Crippen LogP contribution in [-0.2, 0) is 4.74 Å². The van der Waals surface area contributed by atoms with E-state index < -0.39 is 0 Å². The molecule has 3 rings (SSSR count). The van der Waals surface area contributed by atoms with Crippen LogP contribution in [0.15, 0.2) is 29.3 Å². The zero-order valence-electron chi connectivity index (χ0n) is 14.7. The zero-order valence-corrected chi connectivity index (χ0v) is 15.4. The number of aliphatic imine (C=N–C) groups is 1. The molecule has 1 N–H and O–H groups in total. The Balaban J connectivity index is 1.55. The number of piperidine rings is 1. The number of rotatable bonds is 5. The highest BCUT2D eigenvalue weighted by Crippen LogP contribution is 2.41. The monoisotopic (exact) mass is 349 g/mol. The first-order chi connectivity index (χ1) is 11.7. The van der Waals surface area contributed by atoms with Crippen molar-refractivity contribution in [2.45, 2.75) is 51.2 Å². The fourth-order valence-corrected chi connectivity index (χ4v) is 3.68. The van der Waals surface area contributed by atoms with Gasteiger partial charge in [-0.25, -0.2) is 0 Å². The van der Waals surface area contributed by atoms with E-state index in [2.05, 4.69) is 36.2 Å². The molecule has 2 atom stereocenters. The van der Waals surface area contributed by atoms with Gasteiger partial charge in [-0.15, -0.1) is 0 Å². The third kappa shape index (κ3) is 4.42. The van der Waals surface area contributed by atoms with Crippen molar-refractivity contribution < 1.29 is 4.74 Å². The highest BCUT2D eigenvalue weighted by molar-refractivity contribution is 6.30. The Morgan fingerprint density at radius 1 is 1.33 bits per heavy atom. The molecule has 132 valence electrons. The summed E-state index contributed by atoms with van der Waals surface area (Å²) in [5.41, 5.74) is 1.32. The second-order valence-corrected chi connectivity index (χ2v) is 7.02. The topological polar surface area (TPSA) is 36.9 Å². The highest BCUT2D eigenvalue weighted by atomic mass is 35.5. The third-order valence-corrected chi connectivity index (χ3v) is 5.07. The lowest BCUT2D eigenvalue weighted by Crippen LogP contribution is -2.48. The minimum Gasteiger partial charge on any atom is -0.378 e. The van der Waals surface area contributed by atoms with Crippen LogP contribution < -0.4 is 5.32 Å². The van der Waals surface area contributed by atoms with Gasteiger partial charge in [0.1, 0.15) is 0 Å². The van der Waals surface area contributed by atoms with E-state index in [-0.39, 0.29) is 0 Å². The minimum absolute atomic E-state index is 0.411. The number of ether oxygens (including phenoxy) is 1. The molecule has 1 aliphatic carbocycles. The summed E-state index contributed by atoms with van der Waals surface area (Å²) in [6, 6.07) is 8.69. The van der Waals surface area contributed by atoms with E-state index in [4.69, 9.17) is 21.3 Å². The molecule has 5 heteroatoms. The highest BCUT2D eigenvalue weighted by Gasteiger charge is 2.40. The lowest BCUT2D eigenvalue weighted by Gasteiger charge is -2.34. The summed E-state index contributed by atoms with van der Waals surface area (Å²) in [5.74, 6) is 1.61. The van der Waals surface area contributed by atoms with Crippen LogP contribution in [0, 0.1) is 0 Å². The third-order valence-electron chi connectivity index (χ3n) is 4.83. The van der Waals surface area contributed by atoms with Crippen molar-refractivity contribution in [2.24, 2.45) is 4.99 Å². The fraction of sp³-hybridized carbons (Fsp3) is 0.632. The average Bonchev–Trinajstić information content (AvgIpc) is 3.35. The summed E-state index contributed by atoms with van der Waals surface area (Å²) >= 11 is 6.12. The van der Waals surface area contributed by atoms with Crippen molar-refractivity contribution in [3.8, 4) is 0 Å². The van der Waals surface area contributed by atoms with E-state index in [1.54, 1.807) is 0 Å². The molecule has 4 nitrogen and oxygen atoms in total. The molecular weight excluding hydrogens is 322 g/mol. The van der Waals surface area contributed by atoms with Crippen LogP contribution in [0.3, 0.4) is 0 Å². The van der Waals surface area contributed by atoms with Gasteiger partial charge >= 0.3 is 0 Å². The van der Waals surface area contributed by atoms with Gasteiger partial charge in [0.05, 0.1) is 6.10 Å². The first-order valence-corrected chi connectivity index (χ1v) is 9.52. The van der Waals surface area contributed by atoms with Crippen LogP contribution in [0.1, 0.15) is 44.6 Å². The number of hydrogen-bond donors (Lipinski definition) is 1. The average molecular weight is 350 g/mol. The van der Waals surface area contributed by atoms with Gasteiger partial charge in [-0.1, -0.05) is 23.7 Å². The van der Waals surface area contributed by atoms with E-state index in [1.807, 2.05) is 12.1 Å². The largest absolute Gasteiger partial charge is 0.378 e. The fourth-order valence-electron chi connectivity index (χ4n) is 3.48. The van der Waals surface area contributed by atoms with Crippen LogP contribution in [0.2, 0.25) is 5.02 Å². The van der Waals surface area contributed by atoms with Gasteiger partial charge in [0.15, 0.2) is 5.96 Å². The van der Waals surface area contributed by atoms with Gasteiger partial charge < -0.3 is 15.0 Å². The van der Waals surface area contributed by atoms with Crippen LogP contribution in [-0.4, -0.2) is 49.2 Å². The summed E-state index contributed by atoms with van der Waals surface area (Å²) in [5, 5.41) is 4.49. The van der Waals surface area contributed by atoms with Crippen molar-refractivity contribution in [3.05, 3.63) is 34.9 Å². The molecule has 0 amide bonds. The Hall–Kier alpha value is -1.26. The van der Waals surface area contributed by atoms with E-state index in [0.29, 0.717) is 18.1 Å². The summed E-state index contributed by atoms with van der Waals surface area (Å²) in [4.78, 5) is 7.09. The molecule has 2 fully saturated rings. The number of halogens is 1. The van der Waals surface area contributed by atoms with Crippen molar-refractivity contribution in [2.75, 3.05) is 26.2 Å². The molecular formula is C19H28ClN3O. The zero-order chi connectivity index (χ0) is 16.9. The Bertz CT molecular complexity index is 569. The molecule has 1 aliphatic heterocycles. The molecule has 1 saturated carbocycles. The van der Waals surface area contributed by atoms with E-state index in [0.717, 1.165) is 56.5 Å². The second-order valence-electron chi connectivity index (χ2n) is 6.59. The Labute approximate surface area is 150 Å². The maximum atomic E-state index is 6.12. The summed E-state index contributed by atoms with van der Waals surface area (Å²) < 4.78 is 5.75. The van der Waals surface area contributed by atoms with Gasteiger partial charge in [-0.05, 0) is 50.8 Å². The molecule has 2 unspecified atom stereocenters. The predicted octanol–water partition coefficient (Wildman–Crippen LogP) is 3.66. The standard InChI is InChI=1S/C19H28ClN3O/c1-3-21-19(23-10-8-16(9-11-23)24-4-2)22-18-13-17(18)14-6-5-7-15(20)12-14/h5-7,12,16-18H,3-4,8-11,13H2,1-2H3,(H,21,22). The van der Waals surface area contributed by atoms with Gasteiger partial charge in [-0.2, -0.15) is 0 Å². The molecule has 1 aromatic carbocycles. The molecule has 0 spiro atoms. The lowest BCUT2D eigenvalue weighted by molar-refractivity contribution is 0.0263. The van der Waals surface area contributed by atoms with Crippen molar-refractivity contribution in [1.82, 2.24) is 10.2 Å². The van der Waals surface area contributed by atoms with Gasteiger partial charge in [-0.3, -0.25) is 4.99 Å². The maximum absolute atomic E-state index is 6.12. The SMILES string of the molecule is CCN=C(NC1CC1c1cccc(Cl)c1)N1CCC(OCC)CC1. The quantitative estimate of drug-likeness (QED) is 0.651. The molecule has 1 saturated heterocycles. The summed E-state index contributed by atoms with van der Waals surface area (Å²) in [7, 11) is 0. The first kappa shape index (κ1) is 17.6. The smallest absolute Gasteiger partial charge is 0.194 e. The Kier molecular flexibility index (Phi) is 6.01. The normalized spacial score (nSPS) is 25.0. The van der Waals surface area contributed by atoms with Crippen LogP contribution >= 0.6 is 11.6 Å². The van der Waals surface area contributed by atoms with Crippen molar-refractivity contribution in [1.29, 1.82) is 0 Å². The van der Waals surface area contributed by atoms with E-state index in [9.17, 15) is 0 Å². The minimum atomic E-state index is 0.411. The number of nitrogens with one attached hydrogen (secondary N) is 1. The number of likely N-dealkylation sites (tertiary alicyclic amines) is 1. The van der Waals surface area contributed by atoms with E-state index in [1.165, 1.54) is 5.56 Å². The predicted molar refractivity (Wildman–Crippen MR) is 99.9 cm³/mol. The molecule has 2 aliphatic rings. The van der Waals surface area contributed by atoms with Crippen molar-refractivity contribution >= 4 is 17.6 Å². The molecule has 1 aromatic rings. The molecule has 1 heterocycles. The summed E-state index contributed by atoms with van der Waals surface area (Å²) in [6.45, 7) is 7.82. The number of benzene rings is 1. The Morgan fingerprint density at radius 2 is 2.12 bits per heavy atom. The lowest BCUT2D eigenvalue weighted by atomic mass is 10.1. The van der Waals surface area contributed by atoms with Gasteiger partial charge in [0, 0.05) is 43.2 Å². The van der Waals surface area contributed by atoms with Crippen LogP contribution in [0.5, 0.6) is 0 Å². The van der Waals surface area contributed by atoms with Crippen LogP contribution in [0.4, 0.5) is 0 Å². The Morgan fingerprint density at radius 3 is 2.79 bits per heavy atom. The summed E-state index contributed by atoms with van der Waals surface area (Å²) in [6.07, 6.45) is 3.73. The molecule has 0 bridgehead atoms. The van der Waals surface area contributed by atoms with Gasteiger partial charge in [0.25, 0.3) is 0 Å². The number of hydrogen-bond acceptors (Lipinski definition) is 2. The molecule has 0 aromatic heterocycles. The van der Waals surface area contributed by atoms with Crippen molar-refractivity contribution in [3.63, 3.8) is 0 Å². The van der Waals surface area contributed by atoms with E-state index >= 15 is 0 Å².